The van der Waals surface area contributed by atoms with E-state index in [2.05, 4.69) is 15.6 Å². The van der Waals surface area contributed by atoms with Gasteiger partial charge in [0.2, 0.25) is 0 Å². The molecule has 0 saturated carbocycles. The molecule has 0 fully saturated rings. The van der Waals surface area contributed by atoms with Crippen LogP contribution in [-0.2, 0) is 11.3 Å². The van der Waals surface area contributed by atoms with Gasteiger partial charge in [0.1, 0.15) is 17.2 Å². The first-order valence-electron chi connectivity index (χ1n) is 8.53. The molecule has 2 N–H and O–H groups in total. The number of pyridine rings is 1. The van der Waals surface area contributed by atoms with Gasteiger partial charge < -0.3 is 19.8 Å². The number of carbonyl (C=O) groups is 2. The van der Waals surface area contributed by atoms with Gasteiger partial charge in [0.15, 0.2) is 0 Å². The number of amides is 2. The molecular formula is C21H19N3O4. The number of hydrogen-bond acceptors (Lipinski definition) is 5. The molecule has 0 bridgehead atoms. The van der Waals surface area contributed by atoms with Gasteiger partial charge in [-0.05, 0) is 54.1 Å². The van der Waals surface area contributed by atoms with Crippen LogP contribution in [0.5, 0.6) is 5.75 Å². The highest BCUT2D eigenvalue weighted by Gasteiger charge is 2.15. The summed E-state index contributed by atoms with van der Waals surface area (Å²) in [7, 11) is 1.55. The molecule has 0 aliphatic carbocycles. The highest BCUT2D eigenvalue weighted by molar-refractivity contribution is 6.05. The van der Waals surface area contributed by atoms with E-state index in [0.29, 0.717) is 23.6 Å². The molecule has 7 nitrogen and oxygen atoms in total. The monoisotopic (exact) mass is 377 g/mol. The zero-order valence-corrected chi connectivity index (χ0v) is 15.2. The van der Waals surface area contributed by atoms with Crippen LogP contribution in [0.3, 0.4) is 0 Å². The molecule has 0 spiro atoms. The van der Waals surface area contributed by atoms with E-state index < -0.39 is 11.8 Å². The van der Waals surface area contributed by atoms with E-state index in [1.807, 2.05) is 0 Å². The van der Waals surface area contributed by atoms with Gasteiger partial charge in [-0.25, -0.2) is 0 Å². The molecule has 3 aromatic rings. The van der Waals surface area contributed by atoms with Crippen LogP contribution in [0.25, 0.3) is 6.08 Å². The first kappa shape index (κ1) is 18.9. The van der Waals surface area contributed by atoms with Crippen molar-refractivity contribution >= 4 is 17.9 Å². The zero-order chi connectivity index (χ0) is 19.8. The number of methoxy groups -OCH3 is 1. The Labute approximate surface area is 162 Å². The summed E-state index contributed by atoms with van der Waals surface area (Å²) in [5, 5.41) is 5.42. The van der Waals surface area contributed by atoms with Gasteiger partial charge in [-0.2, -0.15) is 0 Å². The summed E-state index contributed by atoms with van der Waals surface area (Å²) in [6.07, 6.45) is 6.26. The van der Waals surface area contributed by atoms with Crippen molar-refractivity contribution in [1.29, 1.82) is 0 Å². The summed E-state index contributed by atoms with van der Waals surface area (Å²) in [5.41, 5.74) is 1.36. The predicted octanol–water partition coefficient (Wildman–Crippen LogP) is 2.77. The molecule has 2 aromatic heterocycles. The van der Waals surface area contributed by atoms with E-state index in [1.165, 1.54) is 12.3 Å². The van der Waals surface area contributed by atoms with E-state index >= 15 is 0 Å². The minimum absolute atomic E-state index is 0.0739. The van der Waals surface area contributed by atoms with Crippen LogP contribution in [0.1, 0.15) is 21.7 Å². The topological polar surface area (TPSA) is 93.5 Å². The van der Waals surface area contributed by atoms with Crippen LogP contribution >= 0.6 is 0 Å². The van der Waals surface area contributed by atoms with Crippen LogP contribution in [0.15, 0.2) is 77.3 Å². The minimum atomic E-state index is -0.435. The van der Waals surface area contributed by atoms with Crippen LogP contribution in [0.4, 0.5) is 0 Å². The van der Waals surface area contributed by atoms with Crippen LogP contribution in [0, 0.1) is 0 Å². The molecule has 0 radical (unpaired) electrons. The summed E-state index contributed by atoms with van der Waals surface area (Å²) in [5.74, 6) is 0.233. The molecule has 0 atom stereocenters. The smallest absolute Gasteiger partial charge is 0.268 e. The number of nitrogens with one attached hydrogen (secondary N) is 2. The highest BCUT2D eigenvalue weighted by atomic mass is 16.5. The first-order chi connectivity index (χ1) is 13.7. The fourth-order valence-corrected chi connectivity index (χ4v) is 2.39. The highest BCUT2D eigenvalue weighted by Crippen LogP contribution is 2.12. The maximum Gasteiger partial charge on any atom is 0.268 e. The maximum atomic E-state index is 12.6. The summed E-state index contributed by atoms with van der Waals surface area (Å²) in [6, 6.07) is 13.6. The quantitative estimate of drug-likeness (QED) is 0.618. The van der Waals surface area contributed by atoms with Crippen molar-refractivity contribution in [2.24, 2.45) is 0 Å². The third-order valence-electron chi connectivity index (χ3n) is 3.88. The van der Waals surface area contributed by atoms with E-state index in [1.54, 1.807) is 68.0 Å². The van der Waals surface area contributed by atoms with Gasteiger partial charge in [-0.3, -0.25) is 14.6 Å². The second-order valence-corrected chi connectivity index (χ2v) is 5.79. The third-order valence-corrected chi connectivity index (χ3v) is 3.88. The van der Waals surface area contributed by atoms with Gasteiger partial charge >= 0.3 is 0 Å². The fourth-order valence-electron chi connectivity index (χ4n) is 2.39. The summed E-state index contributed by atoms with van der Waals surface area (Å²) >= 11 is 0. The van der Waals surface area contributed by atoms with E-state index in [4.69, 9.17) is 9.15 Å². The summed E-state index contributed by atoms with van der Waals surface area (Å²) in [4.78, 5) is 29.1. The molecule has 2 amide bonds. The van der Waals surface area contributed by atoms with Gasteiger partial charge in [0.05, 0.1) is 13.4 Å². The number of aromatic nitrogens is 1. The van der Waals surface area contributed by atoms with Gasteiger partial charge in [-0.15, -0.1) is 0 Å². The van der Waals surface area contributed by atoms with Crippen molar-refractivity contribution in [2.75, 3.05) is 7.11 Å². The lowest BCUT2D eigenvalue weighted by atomic mass is 10.2. The van der Waals surface area contributed by atoms with Crippen LogP contribution in [0.2, 0.25) is 0 Å². The minimum Gasteiger partial charge on any atom is -0.497 e. The Balaban J connectivity index is 1.74. The molecule has 2 heterocycles. The Morgan fingerprint density at radius 2 is 1.86 bits per heavy atom. The fraction of sp³-hybridized carbons (Fsp3) is 0.0952. The standard InChI is InChI=1S/C21H19N3O4/c1-27-17-6-4-16(5-7-17)20(25)24-19(13-18-3-2-12-28-18)21(26)23-14-15-8-10-22-11-9-15/h2-13H,14H2,1H3,(H,23,26)(H,24,25)/b19-13-. The number of carbonyl (C=O) groups excluding carboxylic acids is 2. The SMILES string of the molecule is COc1ccc(C(=O)N/C(=C\c2ccco2)C(=O)NCc2ccncc2)cc1. The maximum absolute atomic E-state index is 12.6. The van der Waals surface area contributed by atoms with E-state index in [-0.39, 0.29) is 5.70 Å². The number of hydrogen-bond donors (Lipinski definition) is 2. The number of nitrogens with zero attached hydrogens (tertiary/aromatic N) is 1. The molecule has 0 unspecified atom stereocenters. The molecule has 7 heteroatoms. The summed E-state index contributed by atoms with van der Waals surface area (Å²) < 4.78 is 10.4. The lowest BCUT2D eigenvalue weighted by Gasteiger charge is -2.11. The predicted molar refractivity (Wildman–Crippen MR) is 103 cm³/mol. The summed E-state index contributed by atoms with van der Waals surface area (Å²) in [6.45, 7) is 0.301. The van der Waals surface area contributed by atoms with Crippen LogP contribution in [-0.4, -0.2) is 23.9 Å². The second-order valence-electron chi connectivity index (χ2n) is 5.79. The van der Waals surface area contributed by atoms with Crippen molar-refractivity contribution < 1.29 is 18.7 Å². The molecule has 0 saturated heterocycles. The molecule has 1 aromatic carbocycles. The van der Waals surface area contributed by atoms with Crippen molar-refractivity contribution in [1.82, 2.24) is 15.6 Å². The lowest BCUT2D eigenvalue weighted by molar-refractivity contribution is -0.117. The van der Waals surface area contributed by atoms with Gasteiger partial charge in [0.25, 0.3) is 11.8 Å². The Morgan fingerprint density at radius 3 is 2.50 bits per heavy atom. The van der Waals surface area contributed by atoms with Crippen molar-refractivity contribution in [3.05, 3.63) is 89.8 Å². The van der Waals surface area contributed by atoms with Crippen LogP contribution < -0.4 is 15.4 Å². The normalized spacial score (nSPS) is 11.0. The Morgan fingerprint density at radius 1 is 1.11 bits per heavy atom. The van der Waals surface area contributed by atoms with E-state index in [9.17, 15) is 9.59 Å². The largest absolute Gasteiger partial charge is 0.497 e. The number of ether oxygens (including phenoxy) is 1. The van der Waals surface area contributed by atoms with Crippen molar-refractivity contribution in [3.63, 3.8) is 0 Å². The molecule has 142 valence electrons. The molecule has 28 heavy (non-hydrogen) atoms. The Bertz CT molecular complexity index is 949. The molecule has 3 rings (SSSR count). The second kappa shape index (κ2) is 9.18. The Hall–Kier alpha value is -3.87. The van der Waals surface area contributed by atoms with Gasteiger partial charge in [-0.1, -0.05) is 0 Å². The molecule has 0 aliphatic rings. The average molecular weight is 377 g/mol. The lowest BCUT2D eigenvalue weighted by Crippen LogP contribution is -2.34. The molecule has 0 aliphatic heterocycles. The zero-order valence-electron chi connectivity index (χ0n) is 15.2. The van der Waals surface area contributed by atoms with E-state index in [0.717, 1.165) is 5.56 Å². The molecular weight excluding hydrogens is 358 g/mol. The van der Waals surface area contributed by atoms with Crippen molar-refractivity contribution in [3.8, 4) is 5.75 Å². The third kappa shape index (κ3) is 5.07. The Kier molecular flexibility index (Phi) is 6.20. The van der Waals surface area contributed by atoms with Gasteiger partial charge in [0, 0.05) is 30.6 Å². The average Bonchev–Trinajstić information content (AvgIpc) is 3.25. The van der Waals surface area contributed by atoms with Crippen molar-refractivity contribution in [2.45, 2.75) is 6.54 Å². The first-order valence-corrected chi connectivity index (χ1v) is 8.53. The number of rotatable bonds is 7. The number of benzene rings is 1. The number of furan rings is 1.